The van der Waals surface area contributed by atoms with Gasteiger partial charge >= 0.3 is 0 Å². The first-order chi connectivity index (χ1) is 12.1. The van der Waals surface area contributed by atoms with Crippen molar-refractivity contribution >= 4 is 40.0 Å². The highest BCUT2D eigenvalue weighted by Crippen LogP contribution is 2.51. The van der Waals surface area contributed by atoms with Gasteiger partial charge in [-0.3, -0.25) is 4.99 Å². The highest BCUT2D eigenvalue weighted by atomic mass is 127. The molecule has 7 nitrogen and oxygen atoms in total. The summed E-state index contributed by atoms with van der Waals surface area (Å²) < 4.78 is 31.7. The van der Waals surface area contributed by atoms with Crippen molar-refractivity contribution in [3.05, 3.63) is 0 Å². The number of hydrogen-bond donors (Lipinski definition) is 2. The Morgan fingerprint density at radius 2 is 1.81 bits per heavy atom. The van der Waals surface area contributed by atoms with Gasteiger partial charge in [-0.2, -0.15) is 0 Å². The number of rotatable bonds is 6. The van der Waals surface area contributed by atoms with Crippen LogP contribution in [-0.2, 0) is 14.8 Å². The third kappa shape index (κ3) is 5.27. The summed E-state index contributed by atoms with van der Waals surface area (Å²) in [6.45, 7) is 9.62. The average Bonchev–Trinajstić information content (AvgIpc) is 2.60. The molecule has 1 saturated heterocycles. The molecule has 2 fully saturated rings. The van der Waals surface area contributed by atoms with Crippen LogP contribution in [0.2, 0.25) is 0 Å². The van der Waals surface area contributed by atoms with E-state index in [0.717, 1.165) is 25.2 Å². The van der Waals surface area contributed by atoms with Gasteiger partial charge < -0.3 is 15.4 Å². The summed E-state index contributed by atoms with van der Waals surface area (Å²) in [5, 5.41) is 6.99. The Kier molecular flexibility index (Phi) is 8.84. The van der Waals surface area contributed by atoms with Crippen molar-refractivity contribution in [1.29, 1.82) is 0 Å². The first-order valence-corrected chi connectivity index (χ1v) is 11.2. The van der Waals surface area contributed by atoms with Crippen LogP contribution >= 0.6 is 24.0 Å². The van der Waals surface area contributed by atoms with Gasteiger partial charge in [0, 0.05) is 44.7 Å². The third-order valence-electron chi connectivity index (χ3n) is 6.46. The molecular formula is C18H37IN4O3S. The molecule has 2 rings (SSSR count). The normalized spacial score (nSPS) is 29.6. The second-order valence-corrected chi connectivity index (χ2v) is 10.4. The number of halogens is 1. The van der Waals surface area contributed by atoms with Gasteiger partial charge in [0.15, 0.2) is 5.96 Å². The van der Waals surface area contributed by atoms with Crippen molar-refractivity contribution in [3.63, 3.8) is 0 Å². The lowest BCUT2D eigenvalue weighted by Gasteiger charge is -2.59. The van der Waals surface area contributed by atoms with E-state index in [0.29, 0.717) is 25.6 Å². The number of nitrogens with one attached hydrogen (secondary N) is 2. The van der Waals surface area contributed by atoms with Gasteiger partial charge in [-0.05, 0) is 32.6 Å². The molecule has 1 aliphatic carbocycles. The zero-order valence-electron chi connectivity index (χ0n) is 17.5. The van der Waals surface area contributed by atoms with E-state index < -0.39 is 10.0 Å². The number of guanidine groups is 1. The minimum atomic E-state index is -3.09. The summed E-state index contributed by atoms with van der Waals surface area (Å²) in [6, 6.07) is 0.537. The predicted octanol–water partition coefficient (Wildman–Crippen LogP) is 2.18. The zero-order chi connectivity index (χ0) is 19.6. The fourth-order valence-electron chi connectivity index (χ4n) is 3.92. The number of hydrogen-bond acceptors (Lipinski definition) is 4. The molecule has 1 saturated carbocycles. The first-order valence-electron chi connectivity index (χ1n) is 9.62. The Morgan fingerprint density at radius 3 is 2.26 bits per heavy atom. The number of aliphatic imine (C=N–C) groups is 1. The fourth-order valence-corrected chi connectivity index (χ4v) is 5.46. The number of sulfonamides is 1. The Labute approximate surface area is 182 Å². The van der Waals surface area contributed by atoms with Gasteiger partial charge in [-0.15, -0.1) is 24.0 Å². The Balaban J connectivity index is 0.00000364. The quantitative estimate of drug-likeness (QED) is 0.321. The number of piperidine rings is 1. The molecule has 0 radical (unpaired) electrons. The van der Waals surface area contributed by atoms with Crippen LogP contribution in [0.1, 0.15) is 53.4 Å². The molecule has 0 aromatic heterocycles. The first kappa shape index (κ1) is 24.9. The van der Waals surface area contributed by atoms with Crippen molar-refractivity contribution in [2.24, 2.45) is 10.4 Å². The zero-order valence-corrected chi connectivity index (χ0v) is 20.7. The van der Waals surface area contributed by atoms with Gasteiger partial charge in [0.05, 0.1) is 11.4 Å². The molecule has 1 aliphatic heterocycles. The number of nitrogens with zero attached hydrogens (tertiary/aromatic N) is 2. The minimum Gasteiger partial charge on any atom is -0.378 e. The van der Waals surface area contributed by atoms with Crippen LogP contribution in [0.25, 0.3) is 0 Å². The molecular weight excluding hydrogens is 479 g/mol. The van der Waals surface area contributed by atoms with Crippen LogP contribution in [0.3, 0.4) is 0 Å². The van der Waals surface area contributed by atoms with Gasteiger partial charge in [-0.1, -0.05) is 20.8 Å². The van der Waals surface area contributed by atoms with E-state index in [1.807, 2.05) is 6.92 Å². The van der Waals surface area contributed by atoms with Crippen molar-refractivity contribution in [2.45, 2.75) is 71.1 Å². The van der Waals surface area contributed by atoms with Gasteiger partial charge in [0.2, 0.25) is 10.0 Å². The minimum absolute atomic E-state index is 0. The molecule has 0 aromatic rings. The van der Waals surface area contributed by atoms with E-state index in [2.05, 4.69) is 36.4 Å². The number of methoxy groups -OCH3 is 1. The summed E-state index contributed by atoms with van der Waals surface area (Å²) >= 11 is 0. The van der Waals surface area contributed by atoms with E-state index >= 15 is 0 Å². The van der Waals surface area contributed by atoms with Crippen LogP contribution in [0.15, 0.2) is 4.99 Å². The largest absolute Gasteiger partial charge is 0.378 e. The van der Waals surface area contributed by atoms with Crippen molar-refractivity contribution in [2.75, 3.05) is 33.0 Å². The fraction of sp³-hybridized carbons (Fsp3) is 0.944. The van der Waals surface area contributed by atoms with Crippen molar-refractivity contribution < 1.29 is 13.2 Å². The smallest absolute Gasteiger partial charge is 0.214 e. The molecule has 0 amide bonds. The van der Waals surface area contributed by atoms with E-state index in [4.69, 9.17) is 4.74 Å². The molecule has 9 heteroatoms. The van der Waals surface area contributed by atoms with Gasteiger partial charge in [0.25, 0.3) is 0 Å². The molecule has 27 heavy (non-hydrogen) atoms. The topological polar surface area (TPSA) is 83.0 Å². The molecule has 0 bridgehead atoms. The van der Waals surface area contributed by atoms with Crippen LogP contribution in [0.4, 0.5) is 0 Å². The summed E-state index contributed by atoms with van der Waals surface area (Å²) in [5.41, 5.74) is -0.112. The van der Waals surface area contributed by atoms with Crippen molar-refractivity contribution in [3.8, 4) is 0 Å². The summed E-state index contributed by atoms with van der Waals surface area (Å²) in [6.07, 6.45) is 3.19. The summed E-state index contributed by atoms with van der Waals surface area (Å²) in [4.78, 5) is 4.36. The molecule has 2 N–H and O–H groups in total. The lowest BCUT2D eigenvalue weighted by molar-refractivity contribution is -0.176. The summed E-state index contributed by atoms with van der Waals surface area (Å²) in [5.74, 6) is 1.03. The molecule has 2 aliphatic rings. The Hall–Kier alpha value is -0.130. The van der Waals surface area contributed by atoms with E-state index in [1.165, 1.54) is 0 Å². The van der Waals surface area contributed by atoms with Gasteiger partial charge in [-0.25, -0.2) is 12.7 Å². The second-order valence-electron chi connectivity index (χ2n) is 8.26. The Bertz CT molecular complexity index is 618. The van der Waals surface area contributed by atoms with Crippen LogP contribution in [0.5, 0.6) is 0 Å². The monoisotopic (exact) mass is 516 g/mol. The standard InChI is InChI=1S/C18H36N4O3S.HI/c1-7-12-26(23,24)22-10-8-14(9-11-22)20-16(19-5)21-15-13-18(4,25-6)17(15,2)3;/h14-15H,7-13H2,1-6H3,(H2,19,20,21);1H. The number of ether oxygens (including phenoxy) is 1. The Morgan fingerprint density at radius 1 is 1.22 bits per heavy atom. The highest BCUT2D eigenvalue weighted by Gasteiger charge is 2.58. The molecule has 2 atom stereocenters. The molecule has 2 unspecified atom stereocenters. The molecule has 0 spiro atoms. The maximum absolute atomic E-state index is 12.2. The van der Waals surface area contributed by atoms with Crippen molar-refractivity contribution in [1.82, 2.24) is 14.9 Å². The van der Waals surface area contributed by atoms with Crippen LogP contribution < -0.4 is 10.6 Å². The average molecular weight is 516 g/mol. The van der Waals surface area contributed by atoms with E-state index in [9.17, 15) is 8.42 Å². The van der Waals surface area contributed by atoms with Gasteiger partial charge in [0.1, 0.15) is 0 Å². The molecule has 160 valence electrons. The third-order valence-corrected chi connectivity index (χ3v) is 8.54. The summed E-state index contributed by atoms with van der Waals surface area (Å²) in [7, 11) is 0.454. The van der Waals surface area contributed by atoms with Crippen LogP contribution in [0, 0.1) is 5.41 Å². The predicted molar refractivity (Wildman–Crippen MR) is 121 cm³/mol. The maximum atomic E-state index is 12.2. The SMILES string of the molecule is CCCS(=O)(=O)N1CCC(NC(=NC)NC2CC(C)(OC)C2(C)C)CC1.I. The maximum Gasteiger partial charge on any atom is 0.214 e. The molecule has 0 aromatic carbocycles. The lowest BCUT2D eigenvalue weighted by Crippen LogP contribution is -2.69. The highest BCUT2D eigenvalue weighted by molar-refractivity contribution is 14.0. The van der Waals surface area contributed by atoms with Crippen LogP contribution in [-0.4, -0.2) is 69.4 Å². The molecule has 1 heterocycles. The van der Waals surface area contributed by atoms with E-state index in [-0.39, 0.29) is 46.8 Å². The van der Waals surface area contributed by atoms with E-state index in [1.54, 1.807) is 18.5 Å². The lowest BCUT2D eigenvalue weighted by atomic mass is 9.56. The second kappa shape index (κ2) is 9.58.